The summed E-state index contributed by atoms with van der Waals surface area (Å²) in [5, 5.41) is 2.66. The van der Waals surface area contributed by atoms with E-state index in [1.807, 2.05) is 6.07 Å². The summed E-state index contributed by atoms with van der Waals surface area (Å²) in [4.78, 5) is 19.0. The Bertz CT molecular complexity index is 454. The van der Waals surface area contributed by atoms with Gasteiger partial charge in [0.05, 0.1) is 0 Å². The summed E-state index contributed by atoms with van der Waals surface area (Å²) in [6, 6.07) is 3.49. The molecule has 5 N–H and O–H groups in total. The van der Waals surface area contributed by atoms with Gasteiger partial charge in [0.2, 0.25) is 0 Å². The summed E-state index contributed by atoms with van der Waals surface area (Å²) in [5.74, 6) is 0.0540. The molecule has 0 spiro atoms. The van der Waals surface area contributed by atoms with Crippen LogP contribution in [0.1, 0.15) is 25.1 Å². The van der Waals surface area contributed by atoms with Crippen molar-refractivity contribution >= 4 is 12.0 Å². The Morgan fingerprint density at radius 1 is 1.53 bits per heavy atom. The van der Waals surface area contributed by atoms with Crippen LogP contribution < -0.4 is 16.8 Å². The molecule has 0 aliphatic carbocycles. The van der Waals surface area contributed by atoms with Crippen molar-refractivity contribution in [1.29, 1.82) is 0 Å². The number of amides is 2. The maximum absolute atomic E-state index is 11.3. The van der Waals surface area contributed by atoms with Crippen LogP contribution >= 0.6 is 0 Å². The maximum atomic E-state index is 11.3. The van der Waals surface area contributed by atoms with Crippen LogP contribution in [0.4, 0.5) is 4.79 Å². The van der Waals surface area contributed by atoms with E-state index in [1.165, 1.54) is 5.56 Å². The van der Waals surface area contributed by atoms with Gasteiger partial charge in [-0.3, -0.25) is 4.98 Å². The van der Waals surface area contributed by atoms with Gasteiger partial charge in [0, 0.05) is 18.4 Å². The maximum Gasteiger partial charge on any atom is 0.344 e. The third-order valence-electron chi connectivity index (χ3n) is 2.72. The smallest absolute Gasteiger partial charge is 0.344 e. The molecule has 1 heterocycles. The Labute approximate surface area is 113 Å². The molecule has 0 bridgehead atoms. The number of rotatable bonds is 5. The van der Waals surface area contributed by atoms with Crippen molar-refractivity contribution < 1.29 is 4.79 Å². The van der Waals surface area contributed by atoms with Crippen molar-refractivity contribution in [3.05, 3.63) is 29.6 Å². The number of carbonyl (C=O) groups excluding carboxylic acids is 1. The minimum absolute atomic E-state index is 0.231. The number of urea groups is 1. The molecule has 2 amide bonds. The van der Waals surface area contributed by atoms with E-state index in [0.29, 0.717) is 6.54 Å². The van der Waals surface area contributed by atoms with E-state index in [4.69, 9.17) is 11.5 Å². The van der Waals surface area contributed by atoms with Crippen LogP contribution in [-0.4, -0.2) is 23.5 Å². The first-order valence-electron chi connectivity index (χ1n) is 6.33. The Morgan fingerprint density at radius 3 is 2.89 bits per heavy atom. The Morgan fingerprint density at radius 2 is 2.26 bits per heavy atom. The first kappa shape index (κ1) is 14.9. The van der Waals surface area contributed by atoms with Gasteiger partial charge >= 0.3 is 6.03 Å². The molecule has 0 saturated carbocycles. The van der Waals surface area contributed by atoms with Gasteiger partial charge in [-0.05, 0) is 30.4 Å². The molecule has 0 saturated heterocycles. The molecule has 0 radical (unpaired) electrons. The Balaban J connectivity index is 2.49. The highest BCUT2D eigenvalue weighted by molar-refractivity contribution is 5.90. The van der Waals surface area contributed by atoms with Crippen molar-refractivity contribution in [2.24, 2.45) is 22.4 Å². The number of aliphatic imine (C=N–C) groups is 1. The van der Waals surface area contributed by atoms with Crippen LogP contribution in [0.15, 0.2) is 23.3 Å². The highest BCUT2D eigenvalue weighted by Crippen LogP contribution is 2.12. The minimum atomic E-state index is -0.506. The number of nitrogens with two attached hydrogens (primary N) is 2. The summed E-state index contributed by atoms with van der Waals surface area (Å²) in [6.07, 6.45) is 3.57. The fraction of sp³-hybridized carbons (Fsp3) is 0.462. The minimum Gasteiger partial charge on any atom is -0.370 e. The van der Waals surface area contributed by atoms with Crippen LogP contribution in [0.5, 0.6) is 0 Å². The highest BCUT2D eigenvalue weighted by atomic mass is 16.2. The predicted molar refractivity (Wildman–Crippen MR) is 75.7 cm³/mol. The molecule has 19 heavy (non-hydrogen) atoms. The van der Waals surface area contributed by atoms with Crippen molar-refractivity contribution in [3.63, 3.8) is 0 Å². The summed E-state index contributed by atoms with van der Waals surface area (Å²) in [5.41, 5.74) is 12.6. The largest absolute Gasteiger partial charge is 0.370 e. The van der Waals surface area contributed by atoms with Crippen molar-refractivity contribution in [3.8, 4) is 0 Å². The lowest BCUT2D eigenvalue weighted by atomic mass is 9.99. The van der Waals surface area contributed by atoms with E-state index < -0.39 is 6.03 Å². The van der Waals surface area contributed by atoms with Crippen molar-refractivity contribution in [2.45, 2.75) is 26.7 Å². The summed E-state index contributed by atoms with van der Waals surface area (Å²) in [6.45, 7) is 4.66. The number of aryl methyl sites for hydroxylation is 1. The van der Waals surface area contributed by atoms with E-state index in [0.717, 1.165) is 18.5 Å². The first-order chi connectivity index (χ1) is 9.02. The number of pyridine rings is 1. The zero-order chi connectivity index (χ0) is 14.3. The molecule has 0 aromatic carbocycles. The second kappa shape index (κ2) is 7.35. The molecule has 104 valence electrons. The molecule has 6 nitrogen and oxygen atoms in total. The average molecular weight is 263 g/mol. The predicted octanol–water partition coefficient (Wildman–Crippen LogP) is 0.806. The number of guanidine groups is 1. The topological polar surface area (TPSA) is 106 Å². The molecule has 1 aromatic rings. The second-order valence-electron chi connectivity index (χ2n) is 4.49. The number of nitrogens with zero attached hydrogens (tertiary/aromatic N) is 2. The van der Waals surface area contributed by atoms with Crippen LogP contribution in [0, 0.1) is 5.92 Å². The third kappa shape index (κ3) is 5.37. The molecule has 6 heteroatoms. The third-order valence-corrected chi connectivity index (χ3v) is 2.72. The number of hydrogen-bond donors (Lipinski definition) is 3. The van der Waals surface area contributed by atoms with Gasteiger partial charge in [0.15, 0.2) is 5.96 Å². The lowest BCUT2D eigenvalue weighted by Crippen LogP contribution is -2.31. The first-order valence-corrected chi connectivity index (χ1v) is 6.33. The van der Waals surface area contributed by atoms with E-state index >= 15 is 0 Å². The normalized spacial score (nSPS) is 11.7. The van der Waals surface area contributed by atoms with E-state index in [9.17, 15) is 4.79 Å². The fourth-order valence-electron chi connectivity index (χ4n) is 1.84. The molecule has 0 aliphatic heterocycles. The quantitative estimate of drug-likeness (QED) is 0.539. The van der Waals surface area contributed by atoms with Crippen LogP contribution in [0.3, 0.4) is 0 Å². The summed E-state index contributed by atoms with van der Waals surface area (Å²) in [7, 11) is 0. The van der Waals surface area contributed by atoms with Gasteiger partial charge in [-0.2, -0.15) is 4.99 Å². The Kier molecular flexibility index (Phi) is 5.78. The van der Waals surface area contributed by atoms with Crippen LogP contribution in [0.2, 0.25) is 0 Å². The lowest BCUT2D eigenvalue weighted by molar-refractivity contribution is 0.247. The van der Waals surface area contributed by atoms with Gasteiger partial charge in [-0.15, -0.1) is 0 Å². The van der Waals surface area contributed by atoms with Crippen molar-refractivity contribution in [1.82, 2.24) is 10.3 Å². The number of hydrogen-bond acceptors (Lipinski definition) is 2. The zero-order valence-electron chi connectivity index (χ0n) is 11.4. The van der Waals surface area contributed by atoms with Crippen LogP contribution in [-0.2, 0) is 12.8 Å². The molecule has 1 unspecified atom stereocenters. The average Bonchev–Trinajstić information content (AvgIpc) is 2.36. The second-order valence-corrected chi connectivity index (χ2v) is 4.49. The number of nitrogens with one attached hydrogen (secondary N) is 1. The standard InChI is InChI=1S/C13H21N5O/c1-3-11-10(5-4-6-16-11)7-9(2)8-17-13(19)18-12(14)15/h4-6,9H,3,7-8H2,1-2H3,(H5,14,15,17,18,19). The fourth-order valence-corrected chi connectivity index (χ4v) is 1.84. The number of aromatic nitrogens is 1. The van der Waals surface area contributed by atoms with Gasteiger partial charge in [0.25, 0.3) is 0 Å². The van der Waals surface area contributed by atoms with Gasteiger partial charge in [0.1, 0.15) is 0 Å². The van der Waals surface area contributed by atoms with E-state index in [2.05, 4.69) is 35.2 Å². The molecule has 1 rings (SSSR count). The van der Waals surface area contributed by atoms with Gasteiger partial charge < -0.3 is 16.8 Å². The number of carbonyl (C=O) groups is 1. The molecule has 1 atom stereocenters. The Hall–Kier alpha value is -2.11. The SMILES string of the molecule is CCc1ncccc1CC(C)CNC(=O)N=C(N)N. The molecular weight excluding hydrogens is 242 g/mol. The molecule has 0 fully saturated rings. The van der Waals surface area contributed by atoms with Crippen molar-refractivity contribution in [2.75, 3.05) is 6.54 Å². The van der Waals surface area contributed by atoms with Crippen LogP contribution in [0.25, 0.3) is 0 Å². The lowest BCUT2D eigenvalue weighted by Gasteiger charge is -2.13. The molecule has 0 aliphatic rings. The summed E-state index contributed by atoms with van der Waals surface area (Å²) >= 11 is 0. The van der Waals surface area contributed by atoms with E-state index in [-0.39, 0.29) is 11.9 Å². The molecular formula is C13H21N5O. The van der Waals surface area contributed by atoms with E-state index in [1.54, 1.807) is 6.20 Å². The monoisotopic (exact) mass is 263 g/mol. The zero-order valence-corrected chi connectivity index (χ0v) is 11.4. The van der Waals surface area contributed by atoms with Gasteiger partial charge in [-0.25, -0.2) is 4.79 Å². The van der Waals surface area contributed by atoms with Gasteiger partial charge in [-0.1, -0.05) is 19.9 Å². The molecule has 1 aromatic heterocycles. The summed E-state index contributed by atoms with van der Waals surface area (Å²) < 4.78 is 0. The highest BCUT2D eigenvalue weighted by Gasteiger charge is 2.09.